The molecule has 0 bridgehead atoms. The molecule has 1 aliphatic rings. The molecule has 6 heteroatoms. The average Bonchev–Trinajstić information content (AvgIpc) is 2.87. The third-order valence-corrected chi connectivity index (χ3v) is 3.71. The zero-order chi connectivity index (χ0) is 13.1. The SMILES string of the molecule is CSc1ncccc1C(=O)N1CCC[C@@H]1C(=O)O. The van der Waals surface area contributed by atoms with Crippen LogP contribution in [0.3, 0.4) is 0 Å². The molecule has 0 unspecified atom stereocenters. The van der Waals surface area contributed by atoms with Gasteiger partial charge in [-0.25, -0.2) is 9.78 Å². The van der Waals surface area contributed by atoms with E-state index in [0.717, 1.165) is 6.42 Å². The quantitative estimate of drug-likeness (QED) is 0.839. The standard InChI is InChI=1S/C12H14N2O3S/c1-18-10-8(4-2-6-13-10)11(15)14-7-3-5-9(14)12(16)17/h2,4,6,9H,3,5,7H2,1H3,(H,16,17)/t9-/m1/s1. The number of thioether (sulfide) groups is 1. The maximum Gasteiger partial charge on any atom is 0.326 e. The lowest BCUT2D eigenvalue weighted by molar-refractivity contribution is -0.141. The second-order valence-corrected chi connectivity index (χ2v) is 4.85. The van der Waals surface area contributed by atoms with Crippen LogP contribution in [0.5, 0.6) is 0 Å². The summed E-state index contributed by atoms with van der Waals surface area (Å²) in [4.78, 5) is 29.0. The van der Waals surface area contributed by atoms with Gasteiger partial charge in [0.05, 0.1) is 5.56 Å². The number of hydrogen-bond acceptors (Lipinski definition) is 4. The molecule has 1 aliphatic heterocycles. The molecule has 1 N–H and O–H groups in total. The predicted octanol–water partition coefficient (Wildman–Crippen LogP) is 1.49. The summed E-state index contributed by atoms with van der Waals surface area (Å²) >= 11 is 1.39. The Balaban J connectivity index is 2.28. The number of nitrogens with zero attached hydrogens (tertiary/aromatic N) is 2. The molecule has 96 valence electrons. The molecule has 1 fully saturated rings. The number of rotatable bonds is 3. The summed E-state index contributed by atoms with van der Waals surface area (Å²) < 4.78 is 0. The van der Waals surface area contributed by atoms with Crippen LogP contribution in [0.1, 0.15) is 23.2 Å². The molecule has 5 nitrogen and oxygen atoms in total. The third-order valence-electron chi connectivity index (χ3n) is 2.99. The van der Waals surface area contributed by atoms with Crippen molar-refractivity contribution in [1.29, 1.82) is 0 Å². The van der Waals surface area contributed by atoms with Crippen LogP contribution in [-0.2, 0) is 4.79 Å². The predicted molar refractivity (Wildman–Crippen MR) is 67.7 cm³/mol. The van der Waals surface area contributed by atoms with Gasteiger partial charge in [0.1, 0.15) is 11.1 Å². The Hall–Kier alpha value is -1.56. The molecule has 0 aliphatic carbocycles. The van der Waals surface area contributed by atoms with Crippen molar-refractivity contribution in [2.75, 3.05) is 12.8 Å². The van der Waals surface area contributed by atoms with E-state index in [1.807, 2.05) is 6.26 Å². The number of hydrogen-bond donors (Lipinski definition) is 1. The highest BCUT2D eigenvalue weighted by Crippen LogP contribution is 2.24. The van der Waals surface area contributed by atoms with E-state index >= 15 is 0 Å². The van der Waals surface area contributed by atoms with Crippen molar-refractivity contribution >= 4 is 23.6 Å². The molecule has 1 aromatic rings. The van der Waals surface area contributed by atoms with Crippen molar-refractivity contribution in [2.24, 2.45) is 0 Å². The van der Waals surface area contributed by atoms with Gasteiger partial charge in [-0.05, 0) is 31.2 Å². The first kappa shape index (κ1) is 12.9. The van der Waals surface area contributed by atoms with E-state index in [9.17, 15) is 9.59 Å². The van der Waals surface area contributed by atoms with Gasteiger partial charge in [-0.2, -0.15) is 0 Å². The third kappa shape index (κ3) is 2.33. The van der Waals surface area contributed by atoms with Gasteiger partial charge in [-0.3, -0.25) is 4.79 Å². The van der Waals surface area contributed by atoms with E-state index in [1.165, 1.54) is 16.7 Å². The fraction of sp³-hybridized carbons (Fsp3) is 0.417. The van der Waals surface area contributed by atoms with Gasteiger partial charge in [-0.15, -0.1) is 11.8 Å². The van der Waals surface area contributed by atoms with Gasteiger partial charge in [0, 0.05) is 12.7 Å². The number of aromatic nitrogens is 1. The molecule has 2 heterocycles. The summed E-state index contributed by atoms with van der Waals surface area (Å²) in [5.74, 6) is -1.17. The first-order valence-electron chi connectivity index (χ1n) is 5.68. The Morgan fingerprint density at radius 3 is 3.00 bits per heavy atom. The van der Waals surface area contributed by atoms with Crippen molar-refractivity contribution in [2.45, 2.75) is 23.9 Å². The van der Waals surface area contributed by atoms with Gasteiger partial charge >= 0.3 is 5.97 Å². The Bertz CT molecular complexity index is 478. The number of carboxylic acids is 1. The smallest absolute Gasteiger partial charge is 0.326 e. The van der Waals surface area contributed by atoms with Crippen molar-refractivity contribution < 1.29 is 14.7 Å². The second-order valence-electron chi connectivity index (χ2n) is 4.06. The number of carboxylic acid groups (broad SMARTS) is 1. The van der Waals surface area contributed by atoms with Crippen LogP contribution >= 0.6 is 11.8 Å². The lowest BCUT2D eigenvalue weighted by atomic mass is 10.2. The van der Waals surface area contributed by atoms with E-state index in [2.05, 4.69) is 4.98 Å². The van der Waals surface area contributed by atoms with E-state index in [1.54, 1.807) is 18.3 Å². The topological polar surface area (TPSA) is 70.5 Å². The van der Waals surface area contributed by atoms with Crippen molar-refractivity contribution in [3.05, 3.63) is 23.9 Å². The number of pyridine rings is 1. The van der Waals surface area contributed by atoms with Crippen molar-refractivity contribution in [3.63, 3.8) is 0 Å². The normalized spacial score (nSPS) is 18.9. The molecule has 0 saturated carbocycles. The van der Waals surface area contributed by atoms with Gasteiger partial charge in [0.15, 0.2) is 0 Å². The Labute approximate surface area is 109 Å². The molecule has 1 amide bonds. The van der Waals surface area contributed by atoms with Crippen LogP contribution in [0, 0.1) is 0 Å². The summed E-state index contributed by atoms with van der Waals surface area (Å²) in [6, 6.07) is 2.68. The molecule has 1 atom stereocenters. The van der Waals surface area contributed by atoms with Gasteiger partial charge < -0.3 is 10.0 Å². The minimum Gasteiger partial charge on any atom is -0.480 e. The fourth-order valence-corrected chi connectivity index (χ4v) is 2.68. The monoisotopic (exact) mass is 266 g/mol. The molecule has 0 aromatic carbocycles. The van der Waals surface area contributed by atoms with Crippen LogP contribution in [0.2, 0.25) is 0 Å². The van der Waals surface area contributed by atoms with E-state index < -0.39 is 12.0 Å². The largest absolute Gasteiger partial charge is 0.480 e. The zero-order valence-electron chi connectivity index (χ0n) is 10.00. The number of aliphatic carboxylic acids is 1. The van der Waals surface area contributed by atoms with Crippen LogP contribution in [0.15, 0.2) is 23.4 Å². The fourth-order valence-electron chi connectivity index (χ4n) is 2.14. The Kier molecular flexibility index (Phi) is 3.86. The zero-order valence-corrected chi connectivity index (χ0v) is 10.8. The van der Waals surface area contributed by atoms with E-state index in [-0.39, 0.29) is 5.91 Å². The van der Waals surface area contributed by atoms with Gasteiger partial charge in [0.25, 0.3) is 5.91 Å². The lowest BCUT2D eigenvalue weighted by Crippen LogP contribution is -2.40. The first-order chi connectivity index (χ1) is 8.65. The summed E-state index contributed by atoms with van der Waals surface area (Å²) in [5.41, 5.74) is 0.484. The van der Waals surface area contributed by atoms with Crippen molar-refractivity contribution in [3.8, 4) is 0 Å². The molecular weight excluding hydrogens is 252 g/mol. The highest BCUT2D eigenvalue weighted by molar-refractivity contribution is 7.98. The molecule has 1 saturated heterocycles. The number of amides is 1. The van der Waals surface area contributed by atoms with E-state index in [0.29, 0.717) is 23.6 Å². The number of carbonyl (C=O) groups excluding carboxylic acids is 1. The number of likely N-dealkylation sites (tertiary alicyclic amines) is 1. The lowest BCUT2D eigenvalue weighted by Gasteiger charge is -2.22. The summed E-state index contributed by atoms with van der Waals surface area (Å²) in [6.45, 7) is 0.499. The van der Waals surface area contributed by atoms with Gasteiger partial charge in [0.2, 0.25) is 0 Å². The minimum atomic E-state index is -0.935. The van der Waals surface area contributed by atoms with Crippen molar-refractivity contribution in [1.82, 2.24) is 9.88 Å². The first-order valence-corrected chi connectivity index (χ1v) is 6.90. The van der Waals surface area contributed by atoms with E-state index in [4.69, 9.17) is 5.11 Å². The van der Waals surface area contributed by atoms with Gasteiger partial charge in [-0.1, -0.05) is 0 Å². The highest BCUT2D eigenvalue weighted by Gasteiger charge is 2.35. The summed E-state index contributed by atoms with van der Waals surface area (Å²) in [7, 11) is 0. The molecule has 1 aromatic heterocycles. The molecule has 2 rings (SSSR count). The average molecular weight is 266 g/mol. The van der Waals surface area contributed by atoms with Crippen LogP contribution < -0.4 is 0 Å². The Morgan fingerprint density at radius 1 is 1.56 bits per heavy atom. The number of carbonyl (C=O) groups is 2. The second kappa shape index (κ2) is 5.39. The maximum absolute atomic E-state index is 12.4. The summed E-state index contributed by atoms with van der Waals surface area (Å²) in [6.07, 6.45) is 4.73. The maximum atomic E-state index is 12.4. The highest BCUT2D eigenvalue weighted by atomic mass is 32.2. The Morgan fingerprint density at radius 2 is 2.33 bits per heavy atom. The molecule has 18 heavy (non-hydrogen) atoms. The minimum absolute atomic E-state index is 0.239. The van der Waals surface area contributed by atoms with Crippen LogP contribution in [-0.4, -0.2) is 45.7 Å². The molecular formula is C12H14N2O3S. The molecule has 0 radical (unpaired) electrons. The van der Waals surface area contributed by atoms with Crippen LogP contribution in [0.4, 0.5) is 0 Å². The molecule has 0 spiro atoms. The summed E-state index contributed by atoms with van der Waals surface area (Å²) in [5, 5.41) is 9.73. The van der Waals surface area contributed by atoms with Crippen LogP contribution in [0.25, 0.3) is 0 Å².